The molecule has 0 bridgehead atoms. The highest BCUT2D eigenvalue weighted by Crippen LogP contribution is 2.29. The van der Waals surface area contributed by atoms with Crippen LogP contribution in [0.25, 0.3) is 0 Å². The van der Waals surface area contributed by atoms with Crippen molar-refractivity contribution >= 4 is 27.5 Å². The standard InChI is InChI=1S/C11H15N3O3S/c1-8(15)12-18(16,17)13-10-3-4-11-9(7-10)5-6-14(11)2/h3-4,7,13H,5-6H2,1-2H3,(H,12,15). The first-order valence-electron chi connectivity index (χ1n) is 5.52. The number of rotatable bonds is 3. The zero-order chi connectivity index (χ0) is 13.3. The van der Waals surface area contributed by atoms with Gasteiger partial charge in [0.15, 0.2) is 0 Å². The molecule has 1 amide bonds. The van der Waals surface area contributed by atoms with Gasteiger partial charge in [-0.2, -0.15) is 8.42 Å². The van der Waals surface area contributed by atoms with Gasteiger partial charge in [0.2, 0.25) is 5.91 Å². The Bertz CT molecular complexity index is 583. The Morgan fingerprint density at radius 3 is 2.78 bits per heavy atom. The summed E-state index contributed by atoms with van der Waals surface area (Å²) in [4.78, 5) is 12.9. The second-order valence-electron chi connectivity index (χ2n) is 4.28. The minimum absolute atomic E-state index is 0.456. The number of benzene rings is 1. The zero-order valence-electron chi connectivity index (χ0n) is 10.2. The molecule has 0 aliphatic carbocycles. The van der Waals surface area contributed by atoms with Crippen molar-refractivity contribution in [3.63, 3.8) is 0 Å². The lowest BCUT2D eigenvalue weighted by atomic mass is 10.1. The number of hydrogen-bond acceptors (Lipinski definition) is 4. The van der Waals surface area contributed by atoms with Gasteiger partial charge in [-0.25, -0.2) is 4.72 Å². The van der Waals surface area contributed by atoms with E-state index in [1.807, 2.05) is 17.8 Å². The van der Waals surface area contributed by atoms with Crippen LogP contribution >= 0.6 is 0 Å². The zero-order valence-corrected chi connectivity index (χ0v) is 11.0. The highest BCUT2D eigenvalue weighted by molar-refractivity contribution is 7.91. The van der Waals surface area contributed by atoms with E-state index in [-0.39, 0.29) is 0 Å². The van der Waals surface area contributed by atoms with Crippen LogP contribution in [0.15, 0.2) is 18.2 Å². The predicted octanol–water partition coefficient (Wildman–Crippen LogP) is 0.472. The Balaban J connectivity index is 2.19. The third-order valence-electron chi connectivity index (χ3n) is 2.74. The molecule has 0 spiro atoms. The van der Waals surface area contributed by atoms with Crippen LogP contribution in [0, 0.1) is 0 Å². The smallest absolute Gasteiger partial charge is 0.323 e. The molecule has 0 radical (unpaired) electrons. The number of hydrogen-bond donors (Lipinski definition) is 2. The monoisotopic (exact) mass is 269 g/mol. The first-order chi connectivity index (χ1) is 8.37. The highest BCUT2D eigenvalue weighted by atomic mass is 32.2. The molecular weight excluding hydrogens is 254 g/mol. The van der Waals surface area contributed by atoms with E-state index < -0.39 is 16.1 Å². The second kappa shape index (κ2) is 4.49. The molecule has 98 valence electrons. The van der Waals surface area contributed by atoms with Gasteiger partial charge < -0.3 is 4.90 Å². The highest BCUT2D eigenvalue weighted by Gasteiger charge is 2.17. The first-order valence-corrected chi connectivity index (χ1v) is 7.01. The van der Waals surface area contributed by atoms with Crippen molar-refractivity contribution < 1.29 is 13.2 Å². The average molecular weight is 269 g/mol. The molecule has 1 aromatic carbocycles. The number of fused-ring (bicyclic) bond motifs is 1. The Morgan fingerprint density at radius 2 is 2.11 bits per heavy atom. The van der Waals surface area contributed by atoms with E-state index in [2.05, 4.69) is 9.62 Å². The maximum Gasteiger partial charge on any atom is 0.323 e. The number of carbonyl (C=O) groups is 1. The van der Waals surface area contributed by atoms with Crippen LogP contribution in [-0.4, -0.2) is 27.9 Å². The van der Waals surface area contributed by atoms with Crippen LogP contribution in [-0.2, 0) is 21.4 Å². The Morgan fingerprint density at radius 1 is 1.39 bits per heavy atom. The van der Waals surface area contributed by atoms with Gasteiger partial charge in [0, 0.05) is 26.2 Å². The summed E-state index contributed by atoms with van der Waals surface area (Å²) >= 11 is 0. The summed E-state index contributed by atoms with van der Waals surface area (Å²) in [5.41, 5.74) is 2.66. The average Bonchev–Trinajstić information content (AvgIpc) is 2.57. The first kappa shape index (κ1) is 12.7. The molecule has 0 aromatic heterocycles. The topological polar surface area (TPSA) is 78.5 Å². The molecule has 0 atom stereocenters. The van der Waals surface area contributed by atoms with E-state index in [4.69, 9.17) is 0 Å². The number of nitrogens with zero attached hydrogens (tertiary/aromatic N) is 1. The Labute approximate surface area is 106 Å². The maximum atomic E-state index is 11.5. The summed E-state index contributed by atoms with van der Waals surface area (Å²) in [6.07, 6.45) is 0.890. The number of nitrogens with one attached hydrogen (secondary N) is 2. The number of carbonyl (C=O) groups excluding carboxylic acids is 1. The molecular formula is C11H15N3O3S. The van der Waals surface area contributed by atoms with Gasteiger partial charge in [-0.15, -0.1) is 0 Å². The SMILES string of the molecule is CC(=O)NS(=O)(=O)Nc1ccc2c(c1)CCN2C. The van der Waals surface area contributed by atoms with Crippen LogP contribution in [0.2, 0.25) is 0 Å². The normalized spacial score (nSPS) is 14.2. The van der Waals surface area contributed by atoms with Crippen molar-refractivity contribution in [2.75, 3.05) is 23.2 Å². The van der Waals surface area contributed by atoms with Gasteiger partial charge in [-0.05, 0) is 30.2 Å². The molecule has 1 aromatic rings. The van der Waals surface area contributed by atoms with Crippen LogP contribution in [0.3, 0.4) is 0 Å². The van der Waals surface area contributed by atoms with Crippen LogP contribution in [0.1, 0.15) is 12.5 Å². The van der Waals surface area contributed by atoms with Gasteiger partial charge in [0.25, 0.3) is 0 Å². The number of anilines is 2. The van der Waals surface area contributed by atoms with E-state index in [9.17, 15) is 13.2 Å². The summed E-state index contributed by atoms with van der Waals surface area (Å²) < 4.78 is 27.2. The molecule has 7 heteroatoms. The molecule has 0 fully saturated rings. The van der Waals surface area contributed by atoms with Crippen molar-refractivity contribution in [1.29, 1.82) is 0 Å². The molecule has 1 aliphatic heterocycles. The van der Waals surface area contributed by atoms with E-state index in [1.165, 1.54) is 0 Å². The molecule has 0 unspecified atom stereocenters. The van der Waals surface area contributed by atoms with Gasteiger partial charge in [-0.1, -0.05) is 0 Å². The fraction of sp³-hybridized carbons (Fsp3) is 0.364. The van der Waals surface area contributed by atoms with Gasteiger partial charge in [0.05, 0.1) is 5.69 Å². The van der Waals surface area contributed by atoms with Gasteiger partial charge in [-0.3, -0.25) is 9.52 Å². The van der Waals surface area contributed by atoms with Crippen LogP contribution in [0.5, 0.6) is 0 Å². The third-order valence-corrected chi connectivity index (χ3v) is 3.80. The molecule has 1 aliphatic rings. The largest absolute Gasteiger partial charge is 0.374 e. The van der Waals surface area contributed by atoms with E-state index in [1.54, 1.807) is 12.1 Å². The van der Waals surface area contributed by atoms with E-state index in [0.29, 0.717) is 5.69 Å². The van der Waals surface area contributed by atoms with Crippen molar-refractivity contribution in [3.05, 3.63) is 23.8 Å². The van der Waals surface area contributed by atoms with Gasteiger partial charge >= 0.3 is 10.2 Å². The lowest BCUT2D eigenvalue weighted by molar-refractivity contribution is -0.117. The fourth-order valence-electron chi connectivity index (χ4n) is 2.00. The molecule has 2 N–H and O–H groups in total. The Hall–Kier alpha value is -1.76. The molecule has 0 saturated carbocycles. The van der Waals surface area contributed by atoms with E-state index in [0.717, 1.165) is 31.1 Å². The summed E-state index contributed by atoms with van der Waals surface area (Å²) in [5.74, 6) is -0.622. The van der Waals surface area contributed by atoms with Crippen molar-refractivity contribution in [2.24, 2.45) is 0 Å². The molecule has 2 rings (SSSR count). The van der Waals surface area contributed by atoms with Crippen LogP contribution < -0.4 is 14.3 Å². The maximum absolute atomic E-state index is 11.5. The fourth-order valence-corrected chi connectivity index (χ4v) is 2.87. The van der Waals surface area contributed by atoms with E-state index >= 15 is 0 Å². The minimum atomic E-state index is -3.83. The predicted molar refractivity (Wildman–Crippen MR) is 69.8 cm³/mol. The quantitative estimate of drug-likeness (QED) is 0.836. The lowest BCUT2D eigenvalue weighted by Gasteiger charge is -2.13. The molecule has 0 saturated heterocycles. The summed E-state index contributed by atoms with van der Waals surface area (Å²) in [7, 11) is -1.83. The lowest BCUT2D eigenvalue weighted by Crippen LogP contribution is -2.33. The number of amides is 1. The van der Waals surface area contributed by atoms with Crippen LogP contribution in [0.4, 0.5) is 11.4 Å². The minimum Gasteiger partial charge on any atom is -0.374 e. The summed E-state index contributed by atoms with van der Waals surface area (Å²) in [6, 6.07) is 5.34. The molecule has 18 heavy (non-hydrogen) atoms. The third kappa shape index (κ3) is 2.73. The summed E-state index contributed by atoms with van der Waals surface area (Å²) in [6.45, 7) is 2.08. The van der Waals surface area contributed by atoms with Crippen molar-refractivity contribution in [1.82, 2.24) is 4.72 Å². The van der Waals surface area contributed by atoms with Crippen molar-refractivity contribution in [3.8, 4) is 0 Å². The summed E-state index contributed by atoms with van der Waals surface area (Å²) in [5, 5.41) is 0. The van der Waals surface area contributed by atoms with Crippen molar-refractivity contribution in [2.45, 2.75) is 13.3 Å². The number of likely N-dealkylation sites (N-methyl/N-ethyl adjacent to an activating group) is 1. The Kier molecular flexibility index (Phi) is 3.16. The van der Waals surface area contributed by atoms with Gasteiger partial charge in [0.1, 0.15) is 0 Å². The molecule has 6 nitrogen and oxygen atoms in total. The second-order valence-corrected chi connectivity index (χ2v) is 5.69. The molecule has 1 heterocycles.